The summed E-state index contributed by atoms with van der Waals surface area (Å²) in [4.78, 5) is 27.6. The van der Waals surface area contributed by atoms with Crippen LogP contribution in [0, 0.1) is 11.7 Å². The van der Waals surface area contributed by atoms with E-state index >= 15 is 0 Å². The summed E-state index contributed by atoms with van der Waals surface area (Å²) in [5.41, 5.74) is 1.13. The molecule has 7 nitrogen and oxygen atoms in total. The Bertz CT molecular complexity index is 990. The molecule has 0 unspecified atom stereocenters. The third kappa shape index (κ3) is 4.34. The number of aromatic nitrogens is 3. The van der Waals surface area contributed by atoms with Gasteiger partial charge < -0.3 is 15.0 Å². The van der Waals surface area contributed by atoms with E-state index in [-0.39, 0.29) is 17.6 Å². The molecule has 4 rings (SSSR count). The van der Waals surface area contributed by atoms with Gasteiger partial charge >= 0.3 is 0 Å². The van der Waals surface area contributed by atoms with Crippen LogP contribution >= 0.6 is 11.3 Å². The second-order valence-corrected chi connectivity index (χ2v) is 7.55. The van der Waals surface area contributed by atoms with Crippen molar-refractivity contribution in [2.75, 3.05) is 30.4 Å². The molecule has 3 heterocycles. The lowest BCUT2D eigenvalue weighted by Gasteiger charge is -2.31. The summed E-state index contributed by atoms with van der Waals surface area (Å²) in [6, 6.07) is 4.28. The maximum atomic E-state index is 13.6. The van der Waals surface area contributed by atoms with E-state index in [1.54, 1.807) is 30.0 Å². The maximum Gasteiger partial charge on any atom is 0.229 e. The first-order valence-electron chi connectivity index (χ1n) is 9.25. The molecule has 150 valence electrons. The third-order valence-electron chi connectivity index (χ3n) is 4.91. The highest BCUT2D eigenvalue weighted by molar-refractivity contribution is 7.14. The molecule has 3 aromatic rings. The Kier molecular flexibility index (Phi) is 5.66. The highest BCUT2D eigenvalue weighted by Crippen LogP contribution is 2.33. The van der Waals surface area contributed by atoms with Crippen molar-refractivity contribution in [1.82, 2.24) is 15.0 Å². The van der Waals surface area contributed by atoms with Crippen LogP contribution in [0.25, 0.3) is 11.3 Å². The largest absolute Gasteiger partial charge is 0.496 e. The predicted molar refractivity (Wildman–Crippen MR) is 110 cm³/mol. The van der Waals surface area contributed by atoms with Crippen LogP contribution in [0.1, 0.15) is 12.8 Å². The van der Waals surface area contributed by atoms with Crippen molar-refractivity contribution in [1.29, 1.82) is 0 Å². The maximum absolute atomic E-state index is 13.6. The lowest BCUT2D eigenvalue weighted by molar-refractivity contribution is -0.120. The summed E-state index contributed by atoms with van der Waals surface area (Å²) in [5.74, 6) is 0.870. The van der Waals surface area contributed by atoms with E-state index in [1.807, 2.05) is 0 Å². The number of ether oxygens (including phenoxy) is 1. The molecule has 1 saturated heterocycles. The lowest BCUT2D eigenvalue weighted by Crippen LogP contribution is -2.38. The number of amides is 1. The van der Waals surface area contributed by atoms with Crippen molar-refractivity contribution >= 4 is 28.2 Å². The number of hydrogen-bond donors (Lipinski definition) is 1. The van der Waals surface area contributed by atoms with Crippen LogP contribution in [0.5, 0.6) is 5.75 Å². The molecule has 2 aromatic heterocycles. The first-order chi connectivity index (χ1) is 14.1. The molecule has 0 saturated carbocycles. The van der Waals surface area contributed by atoms with Crippen LogP contribution in [0.2, 0.25) is 0 Å². The molecular formula is C20H20FN5O2S. The number of hydrogen-bond acceptors (Lipinski definition) is 7. The zero-order valence-electron chi connectivity index (χ0n) is 15.8. The molecule has 0 spiro atoms. The summed E-state index contributed by atoms with van der Waals surface area (Å²) in [7, 11) is 1.53. The number of halogens is 1. The number of carbonyl (C=O) groups is 1. The topological polar surface area (TPSA) is 80.2 Å². The van der Waals surface area contributed by atoms with E-state index in [1.165, 1.54) is 30.6 Å². The predicted octanol–water partition coefficient (Wildman–Crippen LogP) is 3.60. The van der Waals surface area contributed by atoms with E-state index in [4.69, 9.17) is 4.74 Å². The van der Waals surface area contributed by atoms with Gasteiger partial charge in [0, 0.05) is 42.3 Å². The molecule has 0 atom stereocenters. The van der Waals surface area contributed by atoms with Crippen molar-refractivity contribution in [3.05, 3.63) is 48.0 Å². The summed E-state index contributed by atoms with van der Waals surface area (Å²) in [6.07, 6.45) is 6.52. The average Bonchev–Trinajstić information content (AvgIpc) is 3.23. The average molecular weight is 413 g/mol. The first-order valence-corrected chi connectivity index (χ1v) is 10.1. The second-order valence-electron chi connectivity index (χ2n) is 6.70. The summed E-state index contributed by atoms with van der Waals surface area (Å²) in [6.45, 7) is 1.50. The summed E-state index contributed by atoms with van der Waals surface area (Å²) in [5, 5.41) is 5.17. The number of benzene rings is 1. The fourth-order valence-corrected chi connectivity index (χ4v) is 4.08. The SMILES string of the molecule is COc1ccc(F)cc1-c1csc(NC(=O)C2CCN(c3cnccn3)CC2)n1. The van der Waals surface area contributed by atoms with Gasteiger partial charge in [-0.3, -0.25) is 9.78 Å². The van der Waals surface area contributed by atoms with Crippen molar-refractivity contribution in [2.45, 2.75) is 12.8 Å². The van der Waals surface area contributed by atoms with Crippen molar-refractivity contribution in [2.24, 2.45) is 5.92 Å². The number of thiazole rings is 1. The van der Waals surface area contributed by atoms with Crippen LogP contribution in [-0.4, -0.2) is 41.1 Å². The van der Waals surface area contributed by atoms with E-state index in [9.17, 15) is 9.18 Å². The van der Waals surface area contributed by atoms with Gasteiger partial charge in [-0.05, 0) is 31.0 Å². The number of anilines is 2. The molecule has 1 aromatic carbocycles. The molecule has 0 radical (unpaired) electrons. The monoisotopic (exact) mass is 413 g/mol. The van der Waals surface area contributed by atoms with Gasteiger partial charge in [0.05, 0.1) is 19.0 Å². The Hall–Kier alpha value is -3.07. The minimum atomic E-state index is -0.366. The highest BCUT2D eigenvalue weighted by atomic mass is 32.1. The number of nitrogens with one attached hydrogen (secondary N) is 1. The van der Waals surface area contributed by atoms with Crippen molar-refractivity contribution < 1.29 is 13.9 Å². The van der Waals surface area contributed by atoms with E-state index in [0.717, 1.165) is 31.7 Å². The summed E-state index contributed by atoms with van der Waals surface area (Å²) < 4.78 is 18.9. The smallest absolute Gasteiger partial charge is 0.229 e. The fraction of sp³-hybridized carbons (Fsp3) is 0.300. The van der Waals surface area contributed by atoms with Gasteiger partial charge in [-0.2, -0.15) is 0 Å². The number of methoxy groups -OCH3 is 1. The van der Waals surface area contributed by atoms with Crippen molar-refractivity contribution in [3.8, 4) is 17.0 Å². The highest BCUT2D eigenvalue weighted by Gasteiger charge is 2.26. The van der Waals surface area contributed by atoms with Crippen LogP contribution in [0.15, 0.2) is 42.2 Å². The Morgan fingerprint density at radius 2 is 2.14 bits per heavy atom. The number of carbonyl (C=O) groups excluding carboxylic acids is 1. The molecule has 1 aliphatic heterocycles. The van der Waals surface area contributed by atoms with Crippen LogP contribution in [0.3, 0.4) is 0 Å². The molecule has 1 fully saturated rings. The van der Waals surface area contributed by atoms with Gasteiger partial charge in [0.1, 0.15) is 17.4 Å². The minimum Gasteiger partial charge on any atom is -0.496 e. The van der Waals surface area contributed by atoms with Gasteiger partial charge in [-0.15, -0.1) is 11.3 Å². The van der Waals surface area contributed by atoms with Gasteiger partial charge in [0.15, 0.2) is 5.13 Å². The number of rotatable bonds is 5. The number of piperidine rings is 1. The van der Waals surface area contributed by atoms with Gasteiger partial charge in [-0.25, -0.2) is 14.4 Å². The standard InChI is InChI=1S/C20H20FN5O2S/c1-28-17-3-2-14(21)10-15(17)16-12-29-20(24-16)25-19(27)13-4-8-26(9-5-13)18-11-22-6-7-23-18/h2-3,6-7,10-13H,4-5,8-9H2,1H3,(H,24,25,27). The van der Waals surface area contributed by atoms with Gasteiger partial charge in [0.2, 0.25) is 5.91 Å². The van der Waals surface area contributed by atoms with E-state index in [0.29, 0.717) is 22.1 Å². The minimum absolute atomic E-state index is 0.0455. The Morgan fingerprint density at radius 3 is 2.86 bits per heavy atom. The molecule has 1 N–H and O–H groups in total. The summed E-state index contributed by atoms with van der Waals surface area (Å²) >= 11 is 1.31. The van der Waals surface area contributed by atoms with Crippen LogP contribution in [-0.2, 0) is 4.79 Å². The molecule has 9 heteroatoms. The first kappa shape index (κ1) is 19.3. The number of nitrogens with zero attached hydrogens (tertiary/aromatic N) is 4. The van der Waals surface area contributed by atoms with Gasteiger partial charge in [-0.1, -0.05) is 0 Å². The lowest BCUT2D eigenvalue weighted by atomic mass is 9.96. The molecule has 0 bridgehead atoms. The molecule has 1 amide bonds. The van der Waals surface area contributed by atoms with Crippen LogP contribution in [0.4, 0.5) is 15.3 Å². The molecular weight excluding hydrogens is 393 g/mol. The fourth-order valence-electron chi connectivity index (χ4n) is 3.37. The van der Waals surface area contributed by atoms with Crippen molar-refractivity contribution in [3.63, 3.8) is 0 Å². The molecule has 1 aliphatic rings. The zero-order valence-corrected chi connectivity index (χ0v) is 16.7. The van der Waals surface area contributed by atoms with E-state index < -0.39 is 0 Å². The quantitative estimate of drug-likeness (QED) is 0.688. The van der Waals surface area contributed by atoms with E-state index in [2.05, 4.69) is 25.2 Å². The molecule has 0 aliphatic carbocycles. The normalized spacial score (nSPS) is 14.6. The Labute approximate surface area is 171 Å². The molecule has 29 heavy (non-hydrogen) atoms. The third-order valence-corrected chi connectivity index (χ3v) is 5.67. The Morgan fingerprint density at radius 1 is 1.31 bits per heavy atom. The zero-order chi connectivity index (χ0) is 20.2. The van der Waals surface area contributed by atoms with Gasteiger partial charge in [0.25, 0.3) is 0 Å². The second kappa shape index (κ2) is 8.52. The Balaban J connectivity index is 1.38. The van der Waals surface area contributed by atoms with Crippen LogP contribution < -0.4 is 15.0 Å².